The van der Waals surface area contributed by atoms with Crippen molar-refractivity contribution in [2.24, 2.45) is 4.99 Å². The van der Waals surface area contributed by atoms with E-state index in [1.807, 2.05) is 0 Å². The number of ketones is 1. The Morgan fingerprint density at radius 1 is 1.04 bits per heavy atom. The molecule has 0 aromatic heterocycles. The summed E-state index contributed by atoms with van der Waals surface area (Å²) in [4.78, 5) is 27.3. The van der Waals surface area contributed by atoms with Gasteiger partial charge in [0.05, 0.1) is 24.6 Å². The zero-order valence-corrected chi connectivity index (χ0v) is 14.5. The van der Waals surface area contributed by atoms with E-state index in [1.165, 1.54) is 7.11 Å². The molecule has 6 heteroatoms. The van der Waals surface area contributed by atoms with Gasteiger partial charge in [0.2, 0.25) is 0 Å². The van der Waals surface area contributed by atoms with Crippen molar-refractivity contribution >= 4 is 34.8 Å². The van der Waals surface area contributed by atoms with Crippen LogP contribution in [0.25, 0.3) is 0 Å². The number of aliphatic imine (C=N–C) groups is 1. The fraction of sp³-hybridized carbons (Fsp3) is 0.211. The Balaban J connectivity index is 1.93. The molecule has 0 heterocycles. The molecule has 2 aromatic carbocycles. The number of carbonyl (C=O) groups is 2. The van der Waals surface area contributed by atoms with Gasteiger partial charge >= 0.3 is 5.97 Å². The number of rotatable bonds is 8. The lowest BCUT2D eigenvalue weighted by Gasteiger charge is -2.07. The summed E-state index contributed by atoms with van der Waals surface area (Å²) < 4.78 is 10.1. The molecule has 0 atom stereocenters. The van der Waals surface area contributed by atoms with Gasteiger partial charge in [-0.1, -0.05) is 0 Å². The Kier molecular flexibility index (Phi) is 7.01. The molecule has 0 unspecified atom stereocenters. The number of esters is 1. The van der Waals surface area contributed by atoms with Crippen LogP contribution >= 0.6 is 12.2 Å². The molecular weight excluding hydrogens is 338 g/mol. The van der Waals surface area contributed by atoms with E-state index in [0.717, 1.165) is 0 Å². The maximum atomic E-state index is 12.4. The van der Waals surface area contributed by atoms with E-state index in [1.54, 1.807) is 48.5 Å². The largest absolute Gasteiger partial charge is 0.494 e. The number of methoxy groups -OCH3 is 1. The molecule has 0 saturated heterocycles. The number of isothiocyanates is 1. The molecule has 0 fully saturated rings. The van der Waals surface area contributed by atoms with Gasteiger partial charge in [0.1, 0.15) is 5.75 Å². The first-order valence-corrected chi connectivity index (χ1v) is 8.07. The molecule has 0 bridgehead atoms. The van der Waals surface area contributed by atoms with Gasteiger partial charge in [-0.15, -0.1) is 0 Å². The zero-order valence-electron chi connectivity index (χ0n) is 13.7. The molecule has 0 aliphatic heterocycles. The Morgan fingerprint density at radius 2 is 1.64 bits per heavy atom. The van der Waals surface area contributed by atoms with Crippen molar-refractivity contribution in [2.75, 3.05) is 13.7 Å². The Hall–Kier alpha value is -2.82. The lowest BCUT2D eigenvalue weighted by atomic mass is 10.0. The predicted molar refractivity (Wildman–Crippen MR) is 97.7 cm³/mol. The summed E-state index contributed by atoms with van der Waals surface area (Å²) in [5.41, 5.74) is 1.78. The van der Waals surface area contributed by atoms with E-state index in [0.29, 0.717) is 42.0 Å². The molecule has 128 valence electrons. The Morgan fingerprint density at radius 3 is 2.20 bits per heavy atom. The van der Waals surface area contributed by atoms with Crippen LogP contribution in [0.3, 0.4) is 0 Å². The fourth-order valence-corrected chi connectivity index (χ4v) is 2.22. The minimum Gasteiger partial charge on any atom is -0.494 e. The van der Waals surface area contributed by atoms with E-state index >= 15 is 0 Å². The van der Waals surface area contributed by atoms with E-state index in [2.05, 4.69) is 27.1 Å². The third-order valence-electron chi connectivity index (χ3n) is 3.44. The first kappa shape index (κ1) is 18.5. The molecule has 0 aliphatic rings. The molecule has 0 aliphatic carbocycles. The monoisotopic (exact) mass is 355 g/mol. The number of benzene rings is 2. The van der Waals surface area contributed by atoms with Crippen LogP contribution in [-0.2, 0) is 9.53 Å². The van der Waals surface area contributed by atoms with E-state index in [-0.39, 0.29) is 11.8 Å². The number of hydrogen-bond acceptors (Lipinski definition) is 6. The van der Waals surface area contributed by atoms with Crippen LogP contribution in [0, 0.1) is 0 Å². The van der Waals surface area contributed by atoms with Crippen molar-refractivity contribution in [2.45, 2.75) is 12.8 Å². The van der Waals surface area contributed by atoms with Gasteiger partial charge in [-0.05, 0) is 67.2 Å². The van der Waals surface area contributed by atoms with Crippen molar-refractivity contribution in [1.29, 1.82) is 0 Å². The van der Waals surface area contributed by atoms with Crippen LogP contribution in [-0.4, -0.2) is 30.6 Å². The second-order valence-electron chi connectivity index (χ2n) is 5.13. The quantitative estimate of drug-likeness (QED) is 0.236. The van der Waals surface area contributed by atoms with E-state index in [9.17, 15) is 9.59 Å². The van der Waals surface area contributed by atoms with Gasteiger partial charge in [0, 0.05) is 17.5 Å². The highest BCUT2D eigenvalue weighted by molar-refractivity contribution is 7.78. The lowest BCUT2D eigenvalue weighted by Crippen LogP contribution is -2.05. The maximum Gasteiger partial charge on any atom is 0.305 e. The second kappa shape index (κ2) is 9.47. The molecule has 0 N–H and O–H groups in total. The van der Waals surface area contributed by atoms with Crippen LogP contribution in [0.15, 0.2) is 53.5 Å². The van der Waals surface area contributed by atoms with Gasteiger partial charge in [0.15, 0.2) is 5.78 Å². The highest BCUT2D eigenvalue weighted by Gasteiger charge is 2.09. The first-order chi connectivity index (χ1) is 12.1. The smallest absolute Gasteiger partial charge is 0.305 e. The summed E-state index contributed by atoms with van der Waals surface area (Å²) >= 11 is 4.55. The van der Waals surface area contributed by atoms with Crippen molar-refractivity contribution in [3.63, 3.8) is 0 Å². The van der Waals surface area contributed by atoms with Gasteiger partial charge < -0.3 is 9.47 Å². The third-order valence-corrected chi connectivity index (χ3v) is 3.53. The topological polar surface area (TPSA) is 65.0 Å². The summed E-state index contributed by atoms with van der Waals surface area (Å²) in [6.07, 6.45) is 0.889. The average Bonchev–Trinajstić information content (AvgIpc) is 2.66. The number of ether oxygens (including phenoxy) is 2. The number of hydrogen-bond donors (Lipinski definition) is 0. The molecule has 0 radical (unpaired) electrons. The third kappa shape index (κ3) is 5.64. The Bertz CT molecular complexity index is 778. The summed E-state index contributed by atoms with van der Waals surface area (Å²) in [5.74, 6) is 0.300. The van der Waals surface area contributed by atoms with Crippen LogP contribution in [0.5, 0.6) is 5.75 Å². The van der Waals surface area contributed by atoms with Gasteiger partial charge in [0.25, 0.3) is 0 Å². The average molecular weight is 355 g/mol. The standard InChI is InChI=1S/C19H17NO4S/c1-23-18(21)3-2-12-24-17-10-6-15(7-11-17)19(22)14-4-8-16(9-5-14)20-13-25/h4-11H,2-3,12H2,1H3. The first-order valence-electron chi connectivity index (χ1n) is 7.66. The van der Waals surface area contributed by atoms with Crippen LogP contribution in [0.2, 0.25) is 0 Å². The minimum absolute atomic E-state index is 0.0878. The summed E-state index contributed by atoms with van der Waals surface area (Å²) in [6, 6.07) is 13.7. The molecular formula is C19H17NO4S. The van der Waals surface area contributed by atoms with Crippen molar-refractivity contribution in [3.05, 3.63) is 59.7 Å². The van der Waals surface area contributed by atoms with Crippen LogP contribution in [0.4, 0.5) is 5.69 Å². The van der Waals surface area contributed by atoms with E-state index in [4.69, 9.17) is 4.74 Å². The molecule has 0 spiro atoms. The van der Waals surface area contributed by atoms with Crippen LogP contribution < -0.4 is 4.74 Å². The highest BCUT2D eigenvalue weighted by atomic mass is 32.1. The normalized spacial score (nSPS) is 9.80. The van der Waals surface area contributed by atoms with Crippen LogP contribution in [0.1, 0.15) is 28.8 Å². The predicted octanol–water partition coefficient (Wildman–Crippen LogP) is 3.98. The van der Waals surface area contributed by atoms with E-state index < -0.39 is 0 Å². The number of thiocarbonyl (C=S) groups is 1. The molecule has 25 heavy (non-hydrogen) atoms. The fourth-order valence-electron chi connectivity index (χ4n) is 2.12. The number of carbonyl (C=O) groups excluding carboxylic acids is 2. The van der Waals surface area contributed by atoms with Gasteiger partial charge in [-0.3, -0.25) is 9.59 Å². The van der Waals surface area contributed by atoms with Crippen molar-refractivity contribution in [3.8, 4) is 5.75 Å². The summed E-state index contributed by atoms with van der Waals surface area (Å²) in [5, 5.41) is 2.28. The SMILES string of the molecule is COC(=O)CCCOc1ccc(C(=O)c2ccc(N=C=S)cc2)cc1. The molecule has 2 aromatic rings. The molecule has 0 amide bonds. The lowest BCUT2D eigenvalue weighted by molar-refractivity contribution is -0.140. The van der Waals surface area contributed by atoms with Crippen molar-refractivity contribution in [1.82, 2.24) is 0 Å². The minimum atomic E-state index is -0.258. The zero-order chi connectivity index (χ0) is 18.1. The summed E-state index contributed by atoms with van der Waals surface area (Å²) in [6.45, 7) is 0.407. The number of nitrogens with zero attached hydrogens (tertiary/aromatic N) is 1. The van der Waals surface area contributed by atoms with Gasteiger partial charge in [-0.2, -0.15) is 4.99 Å². The van der Waals surface area contributed by atoms with Gasteiger partial charge in [-0.25, -0.2) is 0 Å². The second-order valence-corrected chi connectivity index (χ2v) is 5.31. The summed E-state index contributed by atoms with van der Waals surface area (Å²) in [7, 11) is 1.36. The molecule has 5 nitrogen and oxygen atoms in total. The highest BCUT2D eigenvalue weighted by Crippen LogP contribution is 2.18. The Labute approximate surface area is 151 Å². The maximum absolute atomic E-state index is 12.4. The molecule has 0 saturated carbocycles. The molecule has 2 rings (SSSR count). The van der Waals surface area contributed by atoms with Crippen molar-refractivity contribution < 1.29 is 19.1 Å².